The molecule has 1 heterocycles. The van der Waals surface area contributed by atoms with Crippen molar-refractivity contribution >= 4 is 25.0 Å². The zero-order valence-corrected chi connectivity index (χ0v) is 11.7. The smallest absolute Gasteiger partial charge is 0.348 e. The van der Waals surface area contributed by atoms with Gasteiger partial charge in [-0.15, -0.1) is 0 Å². The number of alkyl halides is 1. The average Bonchev–Trinajstić information content (AvgIpc) is 2.68. The Morgan fingerprint density at radius 1 is 1.53 bits per heavy atom. The van der Waals surface area contributed by atoms with Crippen molar-refractivity contribution in [3.05, 3.63) is 12.7 Å². The van der Waals surface area contributed by atoms with Crippen LogP contribution in [-0.2, 0) is 9.09 Å². The molecular weight excluding hydrogens is 294 g/mol. The van der Waals surface area contributed by atoms with Crippen molar-refractivity contribution in [2.75, 3.05) is 11.9 Å². The minimum Gasteiger partial charge on any atom is -0.348 e. The van der Waals surface area contributed by atoms with Crippen LogP contribution in [0.2, 0.25) is 0 Å². The number of rotatable bonds is 5. The number of nitrogens with one attached hydrogen (secondary N) is 1. The topological polar surface area (TPSA) is 97.2 Å². The van der Waals surface area contributed by atoms with Crippen LogP contribution in [0.5, 0.6) is 0 Å². The van der Waals surface area contributed by atoms with Crippen LogP contribution in [0.1, 0.15) is 12.8 Å². The van der Waals surface area contributed by atoms with E-state index in [-0.39, 0.29) is 18.9 Å². The minimum absolute atomic E-state index is 0.00702. The molecule has 1 aliphatic rings. The van der Waals surface area contributed by atoms with Gasteiger partial charge in [0.1, 0.15) is 18.8 Å². The molecule has 1 unspecified atom stereocenters. The van der Waals surface area contributed by atoms with Crippen molar-refractivity contribution in [2.24, 2.45) is 5.92 Å². The van der Waals surface area contributed by atoms with E-state index in [0.717, 1.165) is 0 Å². The van der Waals surface area contributed by atoms with Crippen LogP contribution in [0.15, 0.2) is 12.7 Å². The lowest BCUT2D eigenvalue weighted by Crippen LogP contribution is -2.26. The number of hydrogen-bond acceptors (Lipinski definition) is 6. The van der Waals surface area contributed by atoms with Crippen LogP contribution in [0.3, 0.4) is 0 Å². The Morgan fingerprint density at radius 3 is 2.84 bits per heavy atom. The van der Waals surface area contributed by atoms with Crippen molar-refractivity contribution in [2.45, 2.75) is 25.1 Å². The van der Waals surface area contributed by atoms with E-state index in [2.05, 4.69) is 32.5 Å². The van der Waals surface area contributed by atoms with E-state index < -0.39 is 19.0 Å². The highest BCUT2D eigenvalue weighted by atomic mass is 32.7. The summed E-state index contributed by atoms with van der Waals surface area (Å²) >= 11 is 3.41. The molecule has 0 spiro atoms. The third-order valence-electron chi connectivity index (χ3n) is 2.87. The molecule has 0 saturated heterocycles. The maximum Gasteiger partial charge on any atom is 0.383 e. The number of thiol groups is 1. The molecule has 2 N–H and O–H groups in total. The molecular formula is C9H14FN4O3PS. The lowest BCUT2D eigenvalue weighted by molar-refractivity contribution is 0.220. The van der Waals surface area contributed by atoms with E-state index in [4.69, 9.17) is 9.42 Å². The van der Waals surface area contributed by atoms with Gasteiger partial charge >= 0.3 is 6.80 Å². The zero-order chi connectivity index (χ0) is 13.9. The Morgan fingerprint density at radius 2 is 2.21 bits per heavy atom. The molecule has 0 amide bonds. The average molecular weight is 308 g/mol. The van der Waals surface area contributed by atoms with Gasteiger partial charge in [0.2, 0.25) is 5.95 Å². The Kier molecular flexibility index (Phi) is 4.72. The molecule has 4 atom stereocenters. The summed E-state index contributed by atoms with van der Waals surface area (Å²) in [5.74, 6) is 0.174. The maximum absolute atomic E-state index is 13.8. The van der Waals surface area contributed by atoms with Crippen LogP contribution in [-0.4, -0.2) is 38.7 Å². The van der Waals surface area contributed by atoms with Crippen molar-refractivity contribution in [3.8, 4) is 0 Å². The first kappa shape index (κ1) is 14.6. The lowest BCUT2D eigenvalue weighted by Gasteiger charge is -2.14. The highest BCUT2D eigenvalue weighted by Crippen LogP contribution is 2.48. The fraction of sp³-hybridized carbons (Fsp3) is 0.667. The van der Waals surface area contributed by atoms with Crippen LogP contribution < -0.4 is 5.32 Å². The molecule has 0 radical (unpaired) electrons. The largest absolute Gasteiger partial charge is 0.383 e. The van der Waals surface area contributed by atoms with E-state index in [0.29, 0.717) is 12.4 Å². The van der Waals surface area contributed by atoms with Crippen LogP contribution >= 0.6 is 19.0 Å². The fourth-order valence-corrected chi connectivity index (χ4v) is 2.66. The summed E-state index contributed by atoms with van der Waals surface area (Å²) in [4.78, 5) is 20.3. The normalized spacial score (nSPS) is 29.9. The molecule has 2 rings (SSSR count). The molecule has 7 nitrogen and oxygen atoms in total. The maximum atomic E-state index is 13.8. The molecule has 0 aromatic carbocycles. The first-order valence-corrected chi connectivity index (χ1v) is 8.40. The first-order valence-electron chi connectivity index (χ1n) is 5.67. The van der Waals surface area contributed by atoms with Gasteiger partial charge in [0.15, 0.2) is 0 Å². The first-order chi connectivity index (χ1) is 8.94. The highest BCUT2D eigenvalue weighted by Gasteiger charge is 2.35. The number of anilines is 1. The van der Waals surface area contributed by atoms with Crippen molar-refractivity contribution < 1.29 is 18.4 Å². The van der Waals surface area contributed by atoms with Gasteiger partial charge in [0.05, 0.1) is 12.6 Å². The summed E-state index contributed by atoms with van der Waals surface area (Å²) in [6.45, 7) is -3.80. The number of aromatic nitrogens is 3. The molecule has 0 aliphatic heterocycles. The Bertz CT molecular complexity index is 462. The second-order valence-corrected chi connectivity index (χ2v) is 7.11. The quantitative estimate of drug-likeness (QED) is 0.559. The van der Waals surface area contributed by atoms with Gasteiger partial charge in [-0.05, 0) is 18.8 Å². The molecule has 0 bridgehead atoms. The van der Waals surface area contributed by atoms with Crippen LogP contribution in [0.4, 0.5) is 10.3 Å². The van der Waals surface area contributed by atoms with Crippen LogP contribution in [0, 0.1) is 5.92 Å². The number of hydrogen-bond donors (Lipinski definition) is 3. The van der Waals surface area contributed by atoms with Gasteiger partial charge in [-0.25, -0.2) is 23.9 Å². The summed E-state index contributed by atoms with van der Waals surface area (Å²) < 4.78 is 29.4. The molecule has 10 heteroatoms. The second kappa shape index (κ2) is 6.13. The van der Waals surface area contributed by atoms with E-state index in [1.807, 2.05) is 0 Å². The summed E-state index contributed by atoms with van der Waals surface area (Å²) in [7, 11) is 0. The minimum atomic E-state index is -3.81. The van der Waals surface area contributed by atoms with Gasteiger partial charge in [0.25, 0.3) is 0 Å². The molecule has 106 valence electrons. The van der Waals surface area contributed by atoms with Gasteiger partial charge in [0, 0.05) is 0 Å². The summed E-state index contributed by atoms with van der Waals surface area (Å²) in [6, 6.07) is -0.436. The summed E-state index contributed by atoms with van der Waals surface area (Å²) in [5, 5.41) is 2.87. The Hall–Kier alpha value is -0.760. The zero-order valence-electron chi connectivity index (χ0n) is 9.89. The predicted octanol–water partition coefficient (Wildman–Crippen LogP) is 1.45. The third kappa shape index (κ3) is 4.68. The van der Waals surface area contributed by atoms with Crippen molar-refractivity contribution in [1.82, 2.24) is 15.0 Å². The molecule has 1 saturated carbocycles. The molecule has 1 aromatic heterocycles. The molecule has 19 heavy (non-hydrogen) atoms. The van der Waals surface area contributed by atoms with Crippen molar-refractivity contribution in [3.63, 3.8) is 0 Å². The van der Waals surface area contributed by atoms with Crippen molar-refractivity contribution in [1.29, 1.82) is 0 Å². The molecule has 1 aromatic rings. The van der Waals surface area contributed by atoms with E-state index >= 15 is 0 Å². The van der Waals surface area contributed by atoms with Gasteiger partial charge in [-0.2, -0.15) is 0 Å². The number of halogens is 1. The predicted molar refractivity (Wildman–Crippen MR) is 69.6 cm³/mol. The van der Waals surface area contributed by atoms with E-state index in [9.17, 15) is 8.96 Å². The Labute approximate surface area is 114 Å². The molecule has 1 fully saturated rings. The van der Waals surface area contributed by atoms with Gasteiger partial charge < -0.3 is 14.7 Å². The van der Waals surface area contributed by atoms with E-state index in [1.165, 1.54) is 12.7 Å². The second-order valence-electron chi connectivity index (χ2n) is 4.35. The number of nitrogens with zero attached hydrogens (tertiary/aromatic N) is 3. The van der Waals surface area contributed by atoms with Gasteiger partial charge in [-0.1, -0.05) is 12.2 Å². The lowest BCUT2D eigenvalue weighted by atomic mass is 10.1. The third-order valence-corrected chi connectivity index (χ3v) is 3.70. The molecule has 1 aliphatic carbocycles. The SMILES string of the molecule is O=P(O)(S)OC[C@@H]1C[C@@H](F)[C@H](Nc2ncncn2)C1. The Balaban J connectivity index is 1.86. The monoisotopic (exact) mass is 308 g/mol. The van der Waals surface area contributed by atoms with E-state index in [1.54, 1.807) is 0 Å². The van der Waals surface area contributed by atoms with Gasteiger partial charge in [-0.3, -0.25) is 0 Å². The highest BCUT2D eigenvalue weighted by molar-refractivity contribution is 8.44. The summed E-state index contributed by atoms with van der Waals surface area (Å²) in [5.41, 5.74) is 0. The fourth-order valence-electron chi connectivity index (χ4n) is 2.05. The summed E-state index contributed by atoms with van der Waals surface area (Å²) in [6.07, 6.45) is 2.29. The van der Waals surface area contributed by atoms with Crippen LogP contribution in [0.25, 0.3) is 0 Å². The standard InChI is InChI=1S/C9H14FN4O3PS/c10-7-1-6(3-17-18(15,16)19)2-8(7)14-9-12-4-11-5-13-9/h4-8H,1-3H2,(H2,15,16,19)(H,11,12,13,14)/t6-,7-,8-/m1/s1.